The number of aromatic amines is 1. The number of rotatable bonds is 27. The number of nitrogens with two attached hydrogens (primary N) is 1. The van der Waals surface area contributed by atoms with Crippen LogP contribution in [-0.2, 0) is 44.7 Å². The summed E-state index contributed by atoms with van der Waals surface area (Å²) in [6, 6.07) is 6.43. The normalized spacial score (nSPS) is 18.5. The average molecular weight is 854 g/mol. The van der Waals surface area contributed by atoms with Crippen molar-refractivity contribution in [3.8, 4) is 0 Å². The first kappa shape index (κ1) is 51.2. The molecule has 3 amide bonds. The van der Waals surface area contributed by atoms with Crippen LogP contribution in [0.15, 0.2) is 30.5 Å². The second kappa shape index (κ2) is 23.9. The fraction of sp³-hybridized carbons (Fsp3) is 0.702. The van der Waals surface area contributed by atoms with Gasteiger partial charge < -0.3 is 35.1 Å². The van der Waals surface area contributed by atoms with E-state index in [1.165, 1.54) is 0 Å². The molecular formula is C47H75N5O9. The number of nitrogens with zero attached hydrogens (tertiary/aromatic N) is 3. The van der Waals surface area contributed by atoms with Gasteiger partial charge in [-0.1, -0.05) is 73.1 Å². The zero-order valence-electron chi connectivity index (χ0n) is 38.6. The van der Waals surface area contributed by atoms with Gasteiger partial charge in [-0.3, -0.25) is 33.7 Å². The summed E-state index contributed by atoms with van der Waals surface area (Å²) in [5.41, 5.74) is 7.70. The summed E-state index contributed by atoms with van der Waals surface area (Å²) in [6.45, 7) is 14.6. The third-order valence-electron chi connectivity index (χ3n) is 13.2. The van der Waals surface area contributed by atoms with Crippen LogP contribution >= 0.6 is 0 Å². The number of carbonyl (C=O) groups excluding carboxylic acids is 5. The van der Waals surface area contributed by atoms with Gasteiger partial charge >= 0.3 is 5.97 Å². The van der Waals surface area contributed by atoms with E-state index in [1.807, 2.05) is 84.0 Å². The first-order valence-electron chi connectivity index (χ1n) is 22.2. The maximum Gasteiger partial charge on any atom is 0.303 e. The number of likely N-dealkylation sites (N-methyl/N-ethyl adjacent to an activating group) is 2. The van der Waals surface area contributed by atoms with E-state index in [0.717, 1.165) is 22.9 Å². The quantitative estimate of drug-likeness (QED) is 0.0998. The van der Waals surface area contributed by atoms with Crippen molar-refractivity contribution in [1.29, 1.82) is 0 Å². The number of amides is 3. The fourth-order valence-corrected chi connectivity index (χ4v) is 9.56. The van der Waals surface area contributed by atoms with Crippen molar-refractivity contribution in [2.75, 3.05) is 41.4 Å². The van der Waals surface area contributed by atoms with Crippen molar-refractivity contribution in [1.82, 2.24) is 19.7 Å². The molecule has 14 heteroatoms. The van der Waals surface area contributed by atoms with Gasteiger partial charge in [-0.2, -0.15) is 0 Å². The Kier molecular flexibility index (Phi) is 20.1. The summed E-state index contributed by atoms with van der Waals surface area (Å²) in [6.07, 6.45) is 3.36. The molecule has 1 unspecified atom stereocenters. The second-order valence-corrected chi connectivity index (χ2v) is 18.1. The molecular weight excluding hydrogens is 779 g/mol. The van der Waals surface area contributed by atoms with E-state index in [9.17, 15) is 28.8 Å². The highest BCUT2D eigenvalue weighted by Gasteiger charge is 2.43. The summed E-state index contributed by atoms with van der Waals surface area (Å²) in [5.74, 6) is -4.23. The van der Waals surface area contributed by atoms with Crippen molar-refractivity contribution in [2.24, 2.45) is 41.2 Å². The molecule has 0 saturated carbocycles. The number of primary amides is 1. The van der Waals surface area contributed by atoms with Crippen molar-refractivity contribution < 1.29 is 43.3 Å². The summed E-state index contributed by atoms with van der Waals surface area (Å²) >= 11 is 0. The summed E-state index contributed by atoms with van der Waals surface area (Å²) in [7, 11) is 6.65. The summed E-state index contributed by atoms with van der Waals surface area (Å²) < 4.78 is 12.1. The van der Waals surface area contributed by atoms with Crippen LogP contribution in [0.1, 0.15) is 105 Å². The van der Waals surface area contributed by atoms with E-state index in [4.69, 9.17) is 20.3 Å². The molecule has 1 saturated heterocycles. The van der Waals surface area contributed by atoms with Gasteiger partial charge in [-0.15, -0.1) is 0 Å². The minimum absolute atomic E-state index is 0.00536. The van der Waals surface area contributed by atoms with Gasteiger partial charge in [0.15, 0.2) is 5.78 Å². The molecule has 3 rings (SSSR count). The van der Waals surface area contributed by atoms with Crippen LogP contribution in [0.3, 0.4) is 0 Å². The van der Waals surface area contributed by atoms with Crippen molar-refractivity contribution in [3.05, 3.63) is 36.0 Å². The van der Waals surface area contributed by atoms with Crippen LogP contribution in [0.2, 0.25) is 0 Å². The highest BCUT2D eigenvalue weighted by atomic mass is 16.5. The number of nitrogens with one attached hydrogen (secondary N) is 1. The average Bonchev–Trinajstić information content (AvgIpc) is 3.86. The number of benzene rings is 1. The zero-order valence-corrected chi connectivity index (χ0v) is 38.6. The summed E-state index contributed by atoms with van der Waals surface area (Å²) in [5, 5.41) is 10.1. The van der Waals surface area contributed by atoms with Crippen LogP contribution < -0.4 is 5.73 Å². The minimum atomic E-state index is -0.882. The number of carboxylic acid groups (broad SMARTS) is 1. The molecule has 1 fully saturated rings. The molecule has 342 valence electrons. The van der Waals surface area contributed by atoms with Crippen LogP contribution in [0.4, 0.5) is 0 Å². The number of ether oxygens (including phenoxy) is 2. The maximum atomic E-state index is 14.5. The Labute approximate surface area is 363 Å². The van der Waals surface area contributed by atoms with Crippen LogP contribution in [0, 0.1) is 35.5 Å². The van der Waals surface area contributed by atoms with Gasteiger partial charge in [0.1, 0.15) is 5.78 Å². The molecule has 1 aromatic carbocycles. The number of hydrogen-bond acceptors (Lipinski definition) is 9. The molecule has 1 aliphatic heterocycles. The van der Waals surface area contributed by atoms with Gasteiger partial charge in [-0.05, 0) is 68.7 Å². The van der Waals surface area contributed by atoms with Gasteiger partial charge in [0.2, 0.25) is 17.7 Å². The van der Waals surface area contributed by atoms with Crippen LogP contribution in [0.25, 0.3) is 10.9 Å². The number of hydrogen-bond donors (Lipinski definition) is 3. The number of aliphatic carboxylic acids is 1. The lowest BCUT2D eigenvalue weighted by Crippen LogP contribution is -2.54. The third-order valence-corrected chi connectivity index (χ3v) is 13.2. The molecule has 61 heavy (non-hydrogen) atoms. The molecule has 4 N–H and O–H groups in total. The van der Waals surface area contributed by atoms with Gasteiger partial charge in [0.05, 0.1) is 36.8 Å². The standard InChI is InChI=1S/C47H75N5O9/c1-12-30(6)44(51(9)47(59)35(28(2)3)25-39(54)43(29(4)5)50(8)21-16-20-42(56)57)40(60-10)26-41(55)52-22-15-19-37(52)45(61-11)31(7)38(53)24-32(46(48)58)23-33-27-49-36-18-14-13-17-34(33)36/h13-14,17-18,27-32,35,37,40,43-45,49H,12,15-16,19-26H2,1-11H3,(H2,48,58)(H,56,57)/t30-,31-,32+,35-,37-,40+,43?,44-,45+/m0/s1. The molecule has 0 bridgehead atoms. The van der Waals surface area contributed by atoms with E-state index in [0.29, 0.717) is 38.8 Å². The minimum Gasteiger partial charge on any atom is -0.481 e. The zero-order chi connectivity index (χ0) is 45.7. The maximum absolute atomic E-state index is 14.5. The highest BCUT2D eigenvalue weighted by Crippen LogP contribution is 2.32. The van der Waals surface area contributed by atoms with E-state index in [-0.39, 0.29) is 72.9 Å². The molecule has 2 aromatic rings. The molecule has 9 atom stereocenters. The molecule has 14 nitrogen and oxygen atoms in total. The number of methoxy groups -OCH3 is 2. The number of likely N-dealkylation sites (tertiary alicyclic amines) is 1. The lowest BCUT2D eigenvalue weighted by Gasteiger charge is -2.41. The van der Waals surface area contributed by atoms with E-state index in [1.54, 1.807) is 38.0 Å². The smallest absolute Gasteiger partial charge is 0.303 e. The molecule has 0 radical (unpaired) electrons. The molecule has 1 aromatic heterocycles. The van der Waals surface area contributed by atoms with E-state index < -0.39 is 53.9 Å². The highest BCUT2D eigenvalue weighted by molar-refractivity contribution is 5.91. The summed E-state index contributed by atoms with van der Waals surface area (Å²) in [4.78, 5) is 89.0. The van der Waals surface area contributed by atoms with Gasteiger partial charge in [0, 0.05) is 81.9 Å². The fourth-order valence-electron chi connectivity index (χ4n) is 9.56. The number of fused-ring (bicyclic) bond motifs is 1. The Morgan fingerprint density at radius 3 is 2.18 bits per heavy atom. The van der Waals surface area contributed by atoms with Crippen molar-refractivity contribution >= 4 is 46.2 Å². The Bertz CT molecular complexity index is 1780. The predicted molar refractivity (Wildman–Crippen MR) is 237 cm³/mol. The molecule has 0 aliphatic carbocycles. The third kappa shape index (κ3) is 13.4. The lowest BCUT2D eigenvalue weighted by atomic mass is 9.83. The first-order valence-corrected chi connectivity index (χ1v) is 22.2. The number of aromatic nitrogens is 1. The van der Waals surface area contributed by atoms with Crippen molar-refractivity contribution in [2.45, 2.75) is 137 Å². The number of Topliss-reactive ketones (excluding diaryl/α,β-unsaturated/α-hetero) is 2. The number of para-hydroxylation sites is 1. The number of carbonyl (C=O) groups is 6. The Morgan fingerprint density at radius 2 is 1.61 bits per heavy atom. The van der Waals surface area contributed by atoms with Crippen molar-refractivity contribution in [3.63, 3.8) is 0 Å². The van der Waals surface area contributed by atoms with E-state index >= 15 is 0 Å². The monoisotopic (exact) mass is 854 g/mol. The van der Waals surface area contributed by atoms with Gasteiger partial charge in [-0.25, -0.2) is 0 Å². The van der Waals surface area contributed by atoms with Crippen LogP contribution in [0.5, 0.6) is 0 Å². The van der Waals surface area contributed by atoms with Gasteiger partial charge in [0.25, 0.3) is 0 Å². The predicted octanol–water partition coefficient (Wildman–Crippen LogP) is 5.74. The molecule has 2 heterocycles. The topological polar surface area (TPSA) is 193 Å². The lowest BCUT2D eigenvalue weighted by molar-refractivity contribution is -0.149. The number of ketones is 2. The molecule has 0 spiro atoms. The second-order valence-electron chi connectivity index (χ2n) is 18.1. The SMILES string of the molecule is CC[C@H](C)[C@@H]([C@@H](CC(=O)N1CCC[C@H]1[C@H](OC)[C@@H](C)C(=O)C[C@@H](Cc1c[nH]c2ccccc12)C(N)=O)OC)N(C)C(=O)[C@@H](CC(=O)C(C(C)C)N(C)CCCC(=O)O)C(C)C. The number of carboxylic acids is 1. The van der Waals surface area contributed by atoms with E-state index in [2.05, 4.69) is 4.98 Å². The largest absolute Gasteiger partial charge is 0.481 e. The Balaban J connectivity index is 1.77. The Hall–Kier alpha value is -4.14. The Morgan fingerprint density at radius 1 is 0.934 bits per heavy atom. The molecule has 1 aliphatic rings. The number of H-pyrrole nitrogens is 1. The first-order chi connectivity index (χ1) is 28.8. The van der Waals surface area contributed by atoms with Crippen LogP contribution in [-0.4, -0.2) is 132 Å².